The summed E-state index contributed by atoms with van der Waals surface area (Å²) >= 11 is 0. The summed E-state index contributed by atoms with van der Waals surface area (Å²) in [6.07, 6.45) is -6.47. The minimum atomic E-state index is -4.65. The molecule has 0 atom stereocenters. The van der Waals surface area contributed by atoms with Gasteiger partial charge in [-0.05, 0) is 74.2 Å². The highest BCUT2D eigenvalue weighted by molar-refractivity contribution is 6.10. The molecule has 4 aromatic rings. The number of ketones is 1. The number of hydrogen-bond acceptors (Lipinski definition) is 6. The van der Waals surface area contributed by atoms with Gasteiger partial charge in [-0.2, -0.15) is 13.2 Å². The first-order valence-electron chi connectivity index (χ1n) is 15.4. The molecular formula is C38H36F3NO6. The van der Waals surface area contributed by atoms with E-state index < -0.39 is 59.4 Å². The molecule has 0 spiro atoms. The summed E-state index contributed by atoms with van der Waals surface area (Å²) in [5.74, 6) is -2.99. The van der Waals surface area contributed by atoms with Crippen LogP contribution in [0.15, 0.2) is 103 Å². The number of rotatable bonds is 12. The average Bonchev–Trinajstić information content (AvgIpc) is 3.04. The summed E-state index contributed by atoms with van der Waals surface area (Å²) in [6, 6.07) is 25.9. The summed E-state index contributed by atoms with van der Waals surface area (Å²) in [5.41, 5.74) is -1.19. The first kappa shape index (κ1) is 35.6. The van der Waals surface area contributed by atoms with Crippen LogP contribution in [0.2, 0.25) is 0 Å². The fourth-order valence-corrected chi connectivity index (χ4v) is 5.19. The number of alkyl halides is 3. The van der Waals surface area contributed by atoms with Crippen molar-refractivity contribution in [2.75, 3.05) is 5.32 Å². The molecule has 0 fully saturated rings. The van der Waals surface area contributed by atoms with E-state index in [4.69, 9.17) is 9.47 Å². The zero-order chi connectivity index (χ0) is 35.1. The topological polar surface area (TPSA) is 98.8 Å². The summed E-state index contributed by atoms with van der Waals surface area (Å²) in [7, 11) is 0. The van der Waals surface area contributed by atoms with Crippen molar-refractivity contribution in [1.82, 2.24) is 0 Å². The number of anilines is 1. The van der Waals surface area contributed by atoms with E-state index in [2.05, 4.69) is 5.32 Å². The first-order valence-corrected chi connectivity index (χ1v) is 15.4. The summed E-state index contributed by atoms with van der Waals surface area (Å²) in [4.78, 5) is 54.0. The van der Waals surface area contributed by atoms with Gasteiger partial charge in [-0.1, -0.05) is 78.9 Å². The molecule has 1 amide bonds. The molecular weight excluding hydrogens is 623 g/mol. The maximum atomic E-state index is 13.6. The Balaban J connectivity index is 1.57. The second kappa shape index (κ2) is 15.1. The molecule has 0 radical (unpaired) electrons. The number of halogens is 3. The van der Waals surface area contributed by atoms with Crippen molar-refractivity contribution in [3.63, 3.8) is 0 Å². The molecule has 0 aliphatic carbocycles. The molecule has 0 saturated heterocycles. The van der Waals surface area contributed by atoms with Gasteiger partial charge in [0.15, 0.2) is 5.41 Å². The standard InChI is InChI=1S/C38H36F3NO6/c1-24(2)47-35(45)37(36(46)48-25(3)4,28-13-9-6-10-14-28)23-31(43)21-26-15-18-30(19-16-26)42-34(44)33-22-29(38(39,40)41)17-20-32(33)27-11-7-5-8-12-27/h5-20,22,24-25H,21,23H2,1-4H3,(H,42,44). The van der Waals surface area contributed by atoms with Crippen molar-refractivity contribution in [2.24, 2.45) is 0 Å². The Morgan fingerprint density at radius 3 is 1.75 bits per heavy atom. The van der Waals surface area contributed by atoms with Crippen LogP contribution in [0.3, 0.4) is 0 Å². The van der Waals surface area contributed by atoms with Crippen molar-refractivity contribution < 1.29 is 41.8 Å². The van der Waals surface area contributed by atoms with Crippen LogP contribution < -0.4 is 5.32 Å². The summed E-state index contributed by atoms with van der Waals surface area (Å²) < 4.78 is 51.6. The van der Waals surface area contributed by atoms with E-state index in [1.54, 1.807) is 100 Å². The number of carbonyl (C=O) groups excluding carboxylic acids is 4. The molecule has 4 rings (SSSR count). The van der Waals surface area contributed by atoms with Crippen LogP contribution in [-0.4, -0.2) is 35.8 Å². The highest BCUT2D eigenvalue weighted by Crippen LogP contribution is 2.35. The van der Waals surface area contributed by atoms with Gasteiger partial charge in [0, 0.05) is 24.1 Å². The summed E-state index contributed by atoms with van der Waals surface area (Å²) in [5, 5.41) is 2.64. The Morgan fingerprint density at radius 2 is 1.23 bits per heavy atom. The molecule has 0 heterocycles. The summed E-state index contributed by atoms with van der Waals surface area (Å²) in [6.45, 7) is 6.55. The molecule has 4 aromatic carbocycles. The van der Waals surface area contributed by atoms with E-state index in [0.29, 0.717) is 16.7 Å². The normalized spacial score (nSPS) is 11.7. The van der Waals surface area contributed by atoms with Gasteiger partial charge in [-0.15, -0.1) is 0 Å². The fraction of sp³-hybridized carbons (Fsp3) is 0.263. The Kier molecular flexibility index (Phi) is 11.2. The second-order valence-corrected chi connectivity index (χ2v) is 11.8. The first-order chi connectivity index (χ1) is 22.7. The van der Waals surface area contributed by atoms with Gasteiger partial charge in [0.05, 0.1) is 17.8 Å². The van der Waals surface area contributed by atoms with Gasteiger partial charge in [0.2, 0.25) is 0 Å². The molecule has 7 nitrogen and oxygen atoms in total. The third-order valence-electron chi connectivity index (χ3n) is 7.40. The Morgan fingerprint density at radius 1 is 0.688 bits per heavy atom. The smallest absolute Gasteiger partial charge is 0.416 e. The number of esters is 2. The molecule has 250 valence electrons. The number of Topliss-reactive ketones (excluding diaryl/α,β-unsaturated/α-hetero) is 1. The van der Waals surface area contributed by atoms with Crippen molar-refractivity contribution in [3.05, 3.63) is 125 Å². The lowest BCUT2D eigenvalue weighted by atomic mass is 9.75. The number of benzene rings is 4. The molecule has 0 aromatic heterocycles. The molecule has 0 aliphatic heterocycles. The zero-order valence-corrected chi connectivity index (χ0v) is 27.0. The quantitative estimate of drug-likeness (QED) is 0.122. The van der Waals surface area contributed by atoms with Gasteiger partial charge in [0.1, 0.15) is 5.78 Å². The van der Waals surface area contributed by atoms with Crippen LogP contribution in [0.1, 0.15) is 61.2 Å². The third kappa shape index (κ3) is 8.56. The van der Waals surface area contributed by atoms with E-state index in [1.165, 1.54) is 18.2 Å². The van der Waals surface area contributed by atoms with Crippen LogP contribution in [0.25, 0.3) is 11.1 Å². The van der Waals surface area contributed by atoms with Crippen molar-refractivity contribution in [1.29, 1.82) is 0 Å². The van der Waals surface area contributed by atoms with Crippen LogP contribution in [0.5, 0.6) is 0 Å². The third-order valence-corrected chi connectivity index (χ3v) is 7.40. The van der Waals surface area contributed by atoms with Crippen molar-refractivity contribution >= 4 is 29.3 Å². The van der Waals surface area contributed by atoms with Crippen LogP contribution >= 0.6 is 0 Å². The number of ether oxygens (including phenoxy) is 2. The van der Waals surface area contributed by atoms with E-state index in [9.17, 15) is 32.3 Å². The predicted molar refractivity (Wildman–Crippen MR) is 175 cm³/mol. The lowest BCUT2D eigenvalue weighted by Gasteiger charge is -2.31. The SMILES string of the molecule is CC(C)OC(=O)C(CC(=O)Cc1ccc(NC(=O)c2cc(C(F)(F)F)ccc2-c2ccccc2)cc1)(C(=O)OC(C)C)c1ccccc1. The van der Waals surface area contributed by atoms with Crippen molar-refractivity contribution in [2.45, 2.75) is 64.3 Å². The van der Waals surface area contributed by atoms with E-state index >= 15 is 0 Å². The van der Waals surface area contributed by atoms with E-state index in [0.717, 1.165) is 12.1 Å². The Hall–Kier alpha value is -5.25. The number of nitrogens with one attached hydrogen (secondary N) is 1. The van der Waals surface area contributed by atoms with Gasteiger partial charge in [-0.25, -0.2) is 0 Å². The average molecular weight is 660 g/mol. The molecule has 48 heavy (non-hydrogen) atoms. The van der Waals surface area contributed by atoms with E-state index in [1.807, 2.05) is 0 Å². The fourth-order valence-electron chi connectivity index (χ4n) is 5.19. The highest BCUT2D eigenvalue weighted by Gasteiger charge is 2.52. The zero-order valence-electron chi connectivity index (χ0n) is 27.0. The van der Waals surface area contributed by atoms with E-state index in [-0.39, 0.29) is 23.2 Å². The highest BCUT2D eigenvalue weighted by atomic mass is 19.4. The largest absolute Gasteiger partial charge is 0.462 e. The van der Waals surface area contributed by atoms with Gasteiger partial charge in [-0.3, -0.25) is 19.2 Å². The number of carbonyl (C=O) groups is 4. The second-order valence-electron chi connectivity index (χ2n) is 11.8. The lowest BCUT2D eigenvalue weighted by molar-refractivity contribution is -0.171. The van der Waals surface area contributed by atoms with Crippen LogP contribution in [0.4, 0.5) is 18.9 Å². The lowest BCUT2D eigenvalue weighted by Crippen LogP contribution is -2.49. The maximum absolute atomic E-state index is 13.6. The van der Waals surface area contributed by atoms with Gasteiger partial charge in [0.25, 0.3) is 5.91 Å². The predicted octanol–water partition coefficient (Wildman–Crippen LogP) is 7.97. The molecule has 0 aliphatic rings. The van der Waals surface area contributed by atoms with Crippen LogP contribution in [-0.2, 0) is 41.9 Å². The van der Waals surface area contributed by atoms with Gasteiger partial charge < -0.3 is 14.8 Å². The monoisotopic (exact) mass is 659 g/mol. The van der Waals surface area contributed by atoms with Crippen molar-refractivity contribution in [3.8, 4) is 11.1 Å². The molecule has 10 heteroatoms. The molecule has 0 bridgehead atoms. The Labute approximate surface area is 277 Å². The van der Waals surface area contributed by atoms with Crippen LogP contribution in [0, 0.1) is 0 Å². The van der Waals surface area contributed by atoms with Gasteiger partial charge >= 0.3 is 18.1 Å². The minimum Gasteiger partial charge on any atom is -0.462 e. The number of hydrogen-bond donors (Lipinski definition) is 1. The maximum Gasteiger partial charge on any atom is 0.416 e. The molecule has 1 N–H and O–H groups in total. The number of amides is 1. The Bertz CT molecular complexity index is 1730. The molecule has 0 unspecified atom stereocenters. The minimum absolute atomic E-state index is 0.158. The molecule has 0 saturated carbocycles.